The highest BCUT2D eigenvalue weighted by Crippen LogP contribution is 2.31. The van der Waals surface area contributed by atoms with E-state index in [4.69, 9.17) is 9.47 Å². The first kappa shape index (κ1) is 31.5. The second-order valence-electron chi connectivity index (χ2n) is 10.8. The van der Waals surface area contributed by atoms with E-state index in [2.05, 4.69) is 14.8 Å². The van der Waals surface area contributed by atoms with Crippen molar-refractivity contribution in [1.82, 2.24) is 14.8 Å². The first-order valence-corrected chi connectivity index (χ1v) is 15.8. The Kier molecular flexibility index (Phi) is 9.66. The Morgan fingerprint density at radius 3 is 1.75 bits per heavy atom. The van der Waals surface area contributed by atoms with Gasteiger partial charge in [-0.05, 0) is 72.2 Å². The quantitative estimate of drug-likeness (QED) is 0.374. The predicted octanol–water partition coefficient (Wildman–Crippen LogP) is 2.77. The van der Waals surface area contributed by atoms with Crippen LogP contribution in [0.15, 0.2) is 58.3 Å². The van der Waals surface area contributed by atoms with Crippen LogP contribution in [0.2, 0.25) is 0 Å². The molecule has 4 atom stereocenters. The minimum Gasteiger partial charge on any atom is -0.466 e. The van der Waals surface area contributed by atoms with E-state index in [-0.39, 0.29) is 22.8 Å². The lowest BCUT2D eigenvalue weighted by molar-refractivity contribution is -0.148. The van der Waals surface area contributed by atoms with Crippen LogP contribution in [0.1, 0.15) is 45.2 Å². The Morgan fingerprint density at radius 1 is 0.825 bits per heavy atom. The summed E-state index contributed by atoms with van der Waals surface area (Å²) in [5.74, 6) is -1.79. The van der Waals surface area contributed by atoms with Crippen molar-refractivity contribution >= 4 is 32.1 Å². The molecule has 220 valence electrons. The smallest absolute Gasteiger partial charge is 0.407 e. The second kappa shape index (κ2) is 12.2. The van der Waals surface area contributed by atoms with Crippen molar-refractivity contribution in [3.63, 3.8) is 0 Å². The molecule has 1 fully saturated rings. The number of esters is 1. The lowest BCUT2D eigenvalue weighted by Crippen LogP contribution is -2.58. The molecular weight excluding hydrogens is 558 g/mol. The van der Waals surface area contributed by atoms with E-state index in [0.29, 0.717) is 0 Å². The number of hydrogen-bond acceptors (Lipinski definition) is 8. The highest BCUT2D eigenvalue weighted by atomic mass is 32.2. The monoisotopic (exact) mass is 595 g/mol. The topological polar surface area (TPSA) is 157 Å². The molecule has 0 aromatic heterocycles. The minimum absolute atomic E-state index is 0.0329. The van der Waals surface area contributed by atoms with Gasteiger partial charge in [-0.25, -0.2) is 31.1 Å². The fourth-order valence-corrected chi connectivity index (χ4v) is 6.99. The van der Waals surface area contributed by atoms with Crippen molar-refractivity contribution in [2.24, 2.45) is 5.92 Å². The molecule has 1 aliphatic carbocycles. The molecule has 13 heteroatoms. The number of hydrogen-bond donors (Lipinski definition) is 3. The number of nitrogens with one attached hydrogen (secondary N) is 3. The van der Waals surface area contributed by atoms with E-state index in [1.54, 1.807) is 58.9 Å². The van der Waals surface area contributed by atoms with Crippen LogP contribution < -0.4 is 14.8 Å². The maximum Gasteiger partial charge on any atom is 0.407 e. The molecule has 0 saturated heterocycles. The summed E-state index contributed by atoms with van der Waals surface area (Å²) in [6.07, 6.45) is -1.04. The lowest BCUT2D eigenvalue weighted by Gasteiger charge is -2.29. The highest BCUT2D eigenvalue weighted by molar-refractivity contribution is 7.90. The summed E-state index contributed by atoms with van der Waals surface area (Å²) in [7, 11) is -8.36. The summed E-state index contributed by atoms with van der Waals surface area (Å²) in [6, 6.07) is 8.61. The van der Waals surface area contributed by atoms with Crippen LogP contribution in [-0.4, -0.2) is 59.2 Å². The number of sulfonamides is 2. The van der Waals surface area contributed by atoms with Crippen LogP contribution in [0.4, 0.5) is 4.79 Å². The Balaban J connectivity index is 2.05. The Hall–Kier alpha value is -3.00. The number of ether oxygens (including phenoxy) is 2. The molecule has 11 nitrogen and oxygen atoms in total. The first-order chi connectivity index (χ1) is 18.5. The van der Waals surface area contributed by atoms with Gasteiger partial charge < -0.3 is 14.8 Å². The summed E-state index contributed by atoms with van der Waals surface area (Å²) in [4.78, 5) is 25.7. The van der Waals surface area contributed by atoms with Crippen LogP contribution in [0.25, 0.3) is 0 Å². The van der Waals surface area contributed by atoms with Crippen molar-refractivity contribution in [3.8, 4) is 0 Å². The van der Waals surface area contributed by atoms with Crippen molar-refractivity contribution in [1.29, 1.82) is 0 Å². The number of rotatable bonds is 9. The molecule has 0 heterocycles. The van der Waals surface area contributed by atoms with Crippen LogP contribution in [-0.2, 0) is 34.3 Å². The van der Waals surface area contributed by atoms with Gasteiger partial charge in [0.2, 0.25) is 20.0 Å². The zero-order chi connectivity index (χ0) is 29.9. The molecular formula is C27H37N3O8S2. The van der Waals surface area contributed by atoms with Crippen molar-refractivity contribution in [2.45, 2.75) is 81.5 Å². The van der Waals surface area contributed by atoms with Gasteiger partial charge in [-0.1, -0.05) is 35.4 Å². The molecule has 0 radical (unpaired) electrons. The van der Waals surface area contributed by atoms with Crippen molar-refractivity contribution in [2.75, 3.05) is 6.61 Å². The third-order valence-corrected chi connectivity index (χ3v) is 9.28. The van der Waals surface area contributed by atoms with E-state index in [9.17, 15) is 26.4 Å². The Labute approximate surface area is 236 Å². The number of alkyl carbamates (subject to hydrolysis) is 1. The molecule has 0 unspecified atom stereocenters. The van der Waals surface area contributed by atoms with Gasteiger partial charge in [0.1, 0.15) is 5.60 Å². The first-order valence-electron chi connectivity index (χ1n) is 12.9. The largest absolute Gasteiger partial charge is 0.466 e. The summed E-state index contributed by atoms with van der Waals surface area (Å²) < 4.78 is 69.2. The molecule has 3 N–H and O–H groups in total. The SMILES string of the molecule is CCOC(=O)[C@H]1C[C@@H](NS(=O)(=O)c2ccc(C)cc2)[C@H](NS(=O)(=O)c2ccc(C)cc2)[C@@H]1NC(=O)OC(C)(C)C. The number of carbonyl (C=O) groups excluding carboxylic acids is 2. The molecule has 40 heavy (non-hydrogen) atoms. The van der Waals surface area contributed by atoms with E-state index >= 15 is 0 Å². The molecule has 2 aromatic carbocycles. The van der Waals surface area contributed by atoms with Crippen LogP contribution in [0, 0.1) is 19.8 Å². The molecule has 1 aliphatic rings. The Bertz CT molecular complexity index is 1420. The maximum absolute atomic E-state index is 13.4. The van der Waals surface area contributed by atoms with E-state index < -0.39 is 61.8 Å². The average molecular weight is 596 g/mol. The summed E-state index contributed by atoms with van der Waals surface area (Å²) in [5.41, 5.74) is 0.814. The van der Waals surface area contributed by atoms with Crippen LogP contribution in [0.5, 0.6) is 0 Å². The summed E-state index contributed by atoms with van der Waals surface area (Å²) in [5, 5.41) is 2.60. The van der Waals surface area contributed by atoms with Gasteiger partial charge in [0.15, 0.2) is 0 Å². The molecule has 0 spiro atoms. The standard InChI is InChI=1S/C27H37N3O8S2/c1-7-37-25(31)21-16-22(29-39(33,34)19-12-8-17(2)9-13-19)24(23(21)28-26(32)38-27(4,5)6)30-40(35,36)20-14-10-18(3)11-15-20/h8-15,21-24,29-30H,7,16H2,1-6H3,(H,28,32)/t21-,22+,23+,24-/m0/s1. The van der Waals surface area contributed by atoms with E-state index in [1.165, 1.54) is 24.3 Å². The lowest BCUT2D eigenvalue weighted by atomic mass is 10.0. The van der Waals surface area contributed by atoms with Gasteiger partial charge in [0, 0.05) is 6.04 Å². The van der Waals surface area contributed by atoms with Crippen molar-refractivity contribution < 1.29 is 35.9 Å². The van der Waals surface area contributed by atoms with E-state index in [0.717, 1.165) is 11.1 Å². The highest BCUT2D eigenvalue weighted by Gasteiger charge is 2.51. The molecule has 3 rings (SSSR count). The normalized spacial score (nSPS) is 21.6. The van der Waals surface area contributed by atoms with Gasteiger partial charge in [0.05, 0.1) is 34.4 Å². The van der Waals surface area contributed by atoms with Gasteiger partial charge in [0.25, 0.3) is 0 Å². The number of benzene rings is 2. The number of carbonyl (C=O) groups is 2. The summed E-state index contributed by atoms with van der Waals surface area (Å²) in [6.45, 7) is 10.2. The van der Waals surface area contributed by atoms with Crippen molar-refractivity contribution in [3.05, 3.63) is 59.7 Å². The predicted molar refractivity (Wildman–Crippen MR) is 148 cm³/mol. The fourth-order valence-electron chi connectivity index (χ4n) is 4.42. The van der Waals surface area contributed by atoms with Crippen LogP contribution >= 0.6 is 0 Å². The molecule has 2 aromatic rings. The van der Waals surface area contributed by atoms with E-state index in [1.807, 2.05) is 6.92 Å². The maximum atomic E-state index is 13.4. The zero-order valence-corrected chi connectivity index (χ0v) is 25.1. The Morgan fingerprint density at radius 2 is 1.30 bits per heavy atom. The second-order valence-corrected chi connectivity index (χ2v) is 14.2. The average Bonchev–Trinajstić information content (AvgIpc) is 3.14. The number of aryl methyl sites for hydroxylation is 2. The molecule has 1 amide bonds. The van der Waals surface area contributed by atoms with Crippen LogP contribution in [0.3, 0.4) is 0 Å². The third-order valence-electron chi connectivity index (χ3n) is 6.29. The minimum atomic E-state index is -4.21. The van der Waals surface area contributed by atoms with Gasteiger partial charge in [-0.3, -0.25) is 4.79 Å². The molecule has 1 saturated carbocycles. The molecule has 0 bridgehead atoms. The number of amides is 1. The third kappa shape index (κ3) is 8.03. The van der Waals surface area contributed by atoms with Gasteiger partial charge in [-0.15, -0.1) is 0 Å². The fraction of sp³-hybridized carbons (Fsp3) is 0.481. The van der Waals surface area contributed by atoms with Gasteiger partial charge in [-0.2, -0.15) is 0 Å². The van der Waals surface area contributed by atoms with Gasteiger partial charge >= 0.3 is 12.1 Å². The zero-order valence-electron chi connectivity index (χ0n) is 23.4. The summed E-state index contributed by atoms with van der Waals surface area (Å²) >= 11 is 0. The molecule has 0 aliphatic heterocycles.